The summed E-state index contributed by atoms with van der Waals surface area (Å²) in [4.78, 5) is 11.7. The molecule has 22 heavy (non-hydrogen) atoms. The van der Waals surface area contributed by atoms with Crippen LogP contribution in [0.1, 0.15) is 65.7 Å². The van der Waals surface area contributed by atoms with E-state index in [1.54, 1.807) is 6.92 Å². The zero-order chi connectivity index (χ0) is 16.5. The predicted molar refractivity (Wildman–Crippen MR) is 86.6 cm³/mol. The van der Waals surface area contributed by atoms with E-state index in [0.29, 0.717) is 31.3 Å². The number of carbonyl (C=O) groups is 1. The lowest BCUT2D eigenvalue weighted by molar-refractivity contribution is -0.0195. The molecule has 1 saturated carbocycles. The molecule has 0 aliphatic heterocycles. The van der Waals surface area contributed by atoms with Gasteiger partial charge < -0.3 is 20.3 Å². The van der Waals surface area contributed by atoms with Crippen LogP contribution in [0.5, 0.6) is 0 Å². The highest BCUT2D eigenvalue weighted by atomic mass is 16.5. The van der Waals surface area contributed by atoms with Crippen molar-refractivity contribution in [3.63, 3.8) is 0 Å². The number of rotatable bonds is 8. The quantitative estimate of drug-likeness (QED) is 0.643. The molecule has 0 unspecified atom stereocenters. The van der Waals surface area contributed by atoms with Crippen molar-refractivity contribution >= 4 is 6.09 Å². The second kappa shape index (κ2) is 10.1. The molecule has 0 spiro atoms. The molecule has 5 heteroatoms. The molecule has 0 aromatic heterocycles. The molecule has 0 radical (unpaired) electrons. The summed E-state index contributed by atoms with van der Waals surface area (Å²) in [7, 11) is 0. The smallest absolute Gasteiger partial charge is 0.407 e. The molecule has 130 valence electrons. The van der Waals surface area contributed by atoms with Crippen LogP contribution in [0.15, 0.2) is 0 Å². The molecule has 1 fully saturated rings. The number of aliphatic hydroxyl groups is 2. The summed E-state index contributed by atoms with van der Waals surface area (Å²) < 4.78 is 4.93. The van der Waals surface area contributed by atoms with Crippen molar-refractivity contribution < 1.29 is 19.7 Å². The standard InChI is InChI=1S/C17H33NO4/c1-4-22-17(21)18-14(11-13-8-6-5-7-9-13)16(20)15(19)10-12(2)3/h12-16,19-20H,4-11H2,1-3H3,(H,18,21)/t14-,15-,16+/m0/s1. The highest BCUT2D eigenvalue weighted by molar-refractivity contribution is 5.67. The van der Waals surface area contributed by atoms with Crippen LogP contribution in [0.2, 0.25) is 0 Å². The maximum absolute atomic E-state index is 11.7. The van der Waals surface area contributed by atoms with Gasteiger partial charge in [0.25, 0.3) is 0 Å². The zero-order valence-electron chi connectivity index (χ0n) is 14.3. The molecular formula is C17H33NO4. The van der Waals surface area contributed by atoms with E-state index in [1.165, 1.54) is 19.3 Å². The van der Waals surface area contributed by atoms with E-state index in [9.17, 15) is 15.0 Å². The molecule has 1 aliphatic rings. The maximum atomic E-state index is 11.7. The van der Waals surface area contributed by atoms with Gasteiger partial charge in [0.05, 0.1) is 18.8 Å². The monoisotopic (exact) mass is 315 g/mol. The number of alkyl carbamates (subject to hydrolysis) is 1. The van der Waals surface area contributed by atoms with Gasteiger partial charge in [0.2, 0.25) is 0 Å². The van der Waals surface area contributed by atoms with Gasteiger partial charge in [-0.3, -0.25) is 0 Å². The second-order valence-electron chi connectivity index (χ2n) is 6.90. The Bertz CT molecular complexity index is 316. The minimum atomic E-state index is -0.950. The summed E-state index contributed by atoms with van der Waals surface area (Å²) in [6.45, 7) is 6.06. The molecule has 0 heterocycles. The summed E-state index contributed by atoms with van der Waals surface area (Å²) in [5.41, 5.74) is 0. The van der Waals surface area contributed by atoms with Crippen LogP contribution in [-0.4, -0.2) is 41.2 Å². The Morgan fingerprint density at radius 1 is 1.23 bits per heavy atom. The summed E-state index contributed by atoms with van der Waals surface area (Å²) in [5.74, 6) is 0.796. The Morgan fingerprint density at radius 2 is 1.86 bits per heavy atom. The number of hydrogen-bond donors (Lipinski definition) is 3. The Hall–Kier alpha value is -0.810. The van der Waals surface area contributed by atoms with Gasteiger partial charge in [-0.1, -0.05) is 46.0 Å². The van der Waals surface area contributed by atoms with Crippen molar-refractivity contribution in [2.45, 2.75) is 84.0 Å². The summed E-state index contributed by atoms with van der Waals surface area (Å²) in [5, 5.41) is 23.4. The normalized spacial score (nSPS) is 20.5. The SMILES string of the molecule is CCOC(=O)N[C@@H](CC1CCCCC1)[C@@H](O)[C@@H](O)CC(C)C. The van der Waals surface area contributed by atoms with E-state index in [4.69, 9.17) is 4.74 Å². The van der Waals surface area contributed by atoms with E-state index in [0.717, 1.165) is 12.8 Å². The van der Waals surface area contributed by atoms with Crippen LogP contribution >= 0.6 is 0 Å². The van der Waals surface area contributed by atoms with Gasteiger partial charge in [-0.2, -0.15) is 0 Å². The fourth-order valence-electron chi connectivity index (χ4n) is 3.28. The number of carbonyl (C=O) groups excluding carboxylic acids is 1. The van der Waals surface area contributed by atoms with Crippen LogP contribution in [0, 0.1) is 11.8 Å². The average molecular weight is 315 g/mol. The summed E-state index contributed by atoms with van der Waals surface area (Å²) >= 11 is 0. The van der Waals surface area contributed by atoms with Crippen molar-refractivity contribution in [1.82, 2.24) is 5.32 Å². The van der Waals surface area contributed by atoms with Crippen LogP contribution in [0.25, 0.3) is 0 Å². The lowest BCUT2D eigenvalue weighted by atomic mass is 9.82. The first-order chi connectivity index (χ1) is 10.4. The lowest BCUT2D eigenvalue weighted by Crippen LogP contribution is -2.50. The molecule has 3 atom stereocenters. The third kappa shape index (κ3) is 6.97. The van der Waals surface area contributed by atoms with Gasteiger partial charge in [-0.25, -0.2) is 4.79 Å². The van der Waals surface area contributed by atoms with Crippen LogP contribution < -0.4 is 5.32 Å². The Morgan fingerprint density at radius 3 is 2.41 bits per heavy atom. The van der Waals surface area contributed by atoms with Gasteiger partial charge in [0.15, 0.2) is 0 Å². The van der Waals surface area contributed by atoms with Crippen molar-refractivity contribution in [2.24, 2.45) is 11.8 Å². The van der Waals surface area contributed by atoms with Gasteiger partial charge in [0.1, 0.15) is 6.10 Å². The molecule has 0 bridgehead atoms. The molecular weight excluding hydrogens is 282 g/mol. The number of nitrogens with one attached hydrogen (secondary N) is 1. The first-order valence-electron chi connectivity index (χ1n) is 8.73. The van der Waals surface area contributed by atoms with Crippen molar-refractivity contribution in [3.8, 4) is 0 Å². The predicted octanol–water partition coefficient (Wildman–Crippen LogP) is 2.84. The number of aliphatic hydroxyl groups excluding tert-OH is 2. The van der Waals surface area contributed by atoms with Crippen LogP contribution in [0.4, 0.5) is 4.79 Å². The molecule has 3 N–H and O–H groups in total. The number of hydrogen-bond acceptors (Lipinski definition) is 4. The van der Waals surface area contributed by atoms with Gasteiger partial charge in [-0.15, -0.1) is 0 Å². The Labute approximate surface area is 134 Å². The maximum Gasteiger partial charge on any atom is 0.407 e. The average Bonchev–Trinajstić information content (AvgIpc) is 2.46. The molecule has 1 amide bonds. The van der Waals surface area contributed by atoms with Gasteiger partial charge in [-0.05, 0) is 31.6 Å². The summed E-state index contributed by atoms with van der Waals surface area (Å²) in [6, 6.07) is -0.448. The molecule has 1 aliphatic carbocycles. The minimum absolute atomic E-state index is 0.294. The number of amides is 1. The minimum Gasteiger partial charge on any atom is -0.450 e. The lowest BCUT2D eigenvalue weighted by Gasteiger charge is -2.32. The van der Waals surface area contributed by atoms with Crippen molar-refractivity contribution in [2.75, 3.05) is 6.61 Å². The molecule has 0 aromatic carbocycles. The largest absolute Gasteiger partial charge is 0.450 e. The third-order valence-corrected chi connectivity index (χ3v) is 4.41. The van der Waals surface area contributed by atoms with E-state index in [1.807, 2.05) is 13.8 Å². The van der Waals surface area contributed by atoms with E-state index in [-0.39, 0.29) is 0 Å². The topological polar surface area (TPSA) is 78.8 Å². The molecule has 5 nitrogen and oxygen atoms in total. The molecule has 1 rings (SSSR count). The number of ether oxygens (including phenoxy) is 1. The highest BCUT2D eigenvalue weighted by Crippen LogP contribution is 2.28. The fourth-order valence-corrected chi connectivity index (χ4v) is 3.28. The summed E-state index contributed by atoms with van der Waals surface area (Å²) in [6.07, 6.45) is 4.89. The van der Waals surface area contributed by atoms with E-state index >= 15 is 0 Å². The van der Waals surface area contributed by atoms with Crippen LogP contribution in [0.3, 0.4) is 0 Å². The Balaban J connectivity index is 2.64. The molecule has 0 aromatic rings. The fraction of sp³-hybridized carbons (Fsp3) is 0.941. The molecule has 0 saturated heterocycles. The van der Waals surface area contributed by atoms with Gasteiger partial charge >= 0.3 is 6.09 Å². The van der Waals surface area contributed by atoms with E-state index in [2.05, 4.69) is 5.32 Å². The first-order valence-corrected chi connectivity index (χ1v) is 8.73. The van der Waals surface area contributed by atoms with E-state index < -0.39 is 24.3 Å². The third-order valence-electron chi connectivity index (χ3n) is 4.41. The first kappa shape index (κ1) is 19.2. The van der Waals surface area contributed by atoms with Gasteiger partial charge in [0, 0.05) is 0 Å². The van der Waals surface area contributed by atoms with Crippen molar-refractivity contribution in [3.05, 3.63) is 0 Å². The Kier molecular flexibility index (Phi) is 8.79. The zero-order valence-corrected chi connectivity index (χ0v) is 14.3. The highest BCUT2D eigenvalue weighted by Gasteiger charge is 2.31. The van der Waals surface area contributed by atoms with Crippen LogP contribution in [-0.2, 0) is 4.74 Å². The second-order valence-corrected chi connectivity index (χ2v) is 6.90. The van der Waals surface area contributed by atoms with Crippen molar-refractivity contribution in [1.29, 1.82) is 0 Å².